The first-order chi connectivity index (χ1) is 14.5. The zero-order valence-corrected chi connectivity index (χ0v) is 17.2. The van der Waals surface area contributed by atoms with Crippen LogP contribution >= 0.6 is 0 Å². The molecule has 30 heavy (non-hydrogen) atoms. The summed E-state index contributed by atoms with van der Waals surface area (Å²) in [7, 11) is 0. The molecule has 3 aliphatic rings. The summed E-state index contributed by atoms with van der Waals surface area (Å²) in [4.78, 5) is 29.0. The first-order valence-electron chi connectivity index (χ1n) is 11.0. The standard InChI is InChI=1S/C22H31FN4O3/c23-16-3-1-15(2-4-16)12-24-17-11-20-22(30)25-13-18(27(20)14-17)5-6-21(29)26-9-7-19(28)8-10-26/h1-4,17-20,24,28H,5-14H2,(H,25,30). The highest BCUT2D eigenvalue weighted by Gasteiger charge is 2.43. The molecule has 0 aromatic heterocycles. The second-order valence-corrected chi connectivity index (χ2v) is 8.70. The van der Waals surface area contributed by atoms with Crippen molar-refractivity contribution in [3.63, 3.8) is 0 Å². The summed E-state index contributed by atoms with van der Waals surface area (Å²) < 4.78 is 13.1. The summed E-state index contributed by atoms with van der Waals surface area (Å²) in [5.41, 5.74) is 1.01. The number of carbonyl (C=O) groups excluding carboxylic acids is 2. The number of benzene rings is 1. The van der Waals surface area contributed by atoms with Gasteiger partial charge in [-0.2, -0.15) is 0 Å². The van der Waals surface area contributed by atoms with Gasteiger partial charge in [0, 0.05) is 51.2 Å². The van der Waals surface area contributed by atoms with Crippen molar-refractivity contribution in [3.8, 4) is 0 Å². The monoisotopic (exact) mass is 418 g/mol. The molecule has 1 aromatic carbocycles. The minimum atomic E-state index is -0.285. The van der Waals surface area contributed by atoms with Gasteiger partial charge in [0.25, 0.3) is 0 Å². The predicted molar refractivity (Wildman–Crippen MR) is 110 cm³/mol. The number of piperazine rings is 1. The van der Waals surface area contributed by atoms with Crippen molar-refractivity contribution in [2.24, 2.45) is 0 Å². The number of fused-ring (bicyclic) bond motifs is 1. The Kier molecular flexibility index (Phi) is 6.65. The molecule has 3 atom stereocenters. The number of nitrogens with zero attached hydrogens (tertiary/aromatic N) is 2. The van der Waals surface area contributed by atoms with E-state index >= 15 is 0 Å². The lowest BCUT2D eigenvalue weighted by atomic mass is 10.0. The van der Waals surface area contributed by atoms with Gasteiger partial charge in [-0.05, 0) is 43.4 Å². The lowest BCUT2D eigenvalue weighted by molar-refractivity contribution is -0.134. The van der Waals surface area contributed by atoms with Crippen molar-refractivity contribution in [2.45, 2.75) is 62.9 Å². The summed E-state index contributed by atoms with van der Waals surface area (Å²) in [5.74, 6) is -0.0410. The first-order valence-corrected chi connectivity index (χ1v) is 11.0. The number of hydrogen-bond donors (Lipinski definition) is 3. The fourth-order valence-corrected chi connectivity index (χ4v) is 4.82. The third kappa shape index (κ3) is 4.99. The Morgan fingerprint density at radius 3 is 2.70 bits per heavy atom. The van der Waals surface area contributed by atoms with Crippen LogP contribution in [0.5, 0.6) is 0 Å². The number of nitrogens with one attached hydrogen (secondary N) is 2. The molecule has 3 saturated heterocycles. The molecule has 0 bridgehead atoms. The van der Waals surface area contributed by atoms with E-state index < -0.39 is 0 Å². The zero-order chi connectivity index (χ0) is 21.1. The second kappa shape index (κ2) is 9.41. The molecule has 3 N–H and O–H groups in total. The molecule has 3 fully saturated rings. The van der Waals surface area contributed by atoms with E-state index in [-0.39, 0.29) is 41.9 Å². The number of amides is 2. The predicted octanol–water partition coefficient (Wildman–Crippen LogP) is 0.620. The van der Waals surface area contributed by atoms with Crippen LogP contribution in [-0.4, -0.2) is 77.1 Å². The highest BCUT2D eigenvalue weighted by molar-refractivity contribution is 5.83. The van der Waals surface area contributed by atoms with Crippen molar-refractivity contribution in [2.75, 3.05) is 26.2 Å². The van der Waals surface area contributed by atoms with Gasteiger partial charge in [0.05, 0.1) is 12.1 Å². The van der Waals surface area contributed by atoms with E-state index in [9.17, 15) is 19.1 Å². The Balaban J connectivity index is 1.28. The normalized spacial score (nSPS) is 27.7. The van der Waals surface area contributed by atoms with Crippen LogP contribution in [0.25, 0.3) is 0 Å². The highest BCUT2D eigenvalue weighted by Crippen LogP contribution is 2.26. The van der Waals surface area contributed by atoms with Gasteiger partial charge in [-0.15, -0.1) is 0 Å². The average Bonchev–Trinajstić information content (AvgIpc) is 3.18. The van der Waals surface area contributed by atoms with E-state index in [1.54, 1.807) is 12.1 Å². The molecule has 164 valence electrons. The molecule has 8 heteroatoms. The lowest BCUT2D eigenvalue weighted by Crippen LogP contribution is -2.58. The fourth-order valence-electron chi connectivity index (χ4n) is 4.82. The maximum Gasteiger partial charge on any atom is 0.237 e. The van der Waals surface area contributed by atoms with Crippen molar-refractivity contribution in [1.82, 2.24) is 20.4 Å². The molecule has 0 aliphatic carbocycles. The second-order valence-electron chi connectivity index (χ2n) is 8.70. The Labute approximate surface area is 176 Å². The summed E-state index contributed by atoms with van der Waals surface area (Å²) in [6.45, 7) is 3.24. The summed E-state index contributed by atoms with van der Waals surface area (Å²) in [6, 6.07) is 6.64. The Morgan fingerprint density at radius 1 is 1.23 bits per heavy atom. The van der Waals surface area contributed by atoms with Crippen LogP contribution in [0.4, 0.5) is 4.39 Å². The van der Waals surface area contributed by atoms with Crippen LogP contribution < -0.4 is 10.6 Å². The summed E-state index contributed by atoms with van der Waals surface area (Å²) in [5, 5.41) is 16.1. The van der Waals surface area contributed by atoms with Gasteiger partial charge in [-0.3, -0.25) is 14.5 Å². The maximum absolute atomic E-state index is 13.1. The molecular formula is C22H31FN4O3. The third-order valence-electron chi connectivity index (χ3n) is 6.64. The number of aliphatic hydroxyl groups excluding tert-OH is 1. The zero-order valence-electron chi connectivity index (χ0n) is 17.2. The van der Waals surface area contributed by atoms with Crippen LogP contribution in [0, 0.1) is 5.82 Å². The number of aliphatic hydroxyl groups is 1. The number of piperidine rings is 1. The quantitative estimate of drug-likeness (QED) is 0.631. The first kappa shape index (κ1) is 21.2. The van der Waals surface area contributed by atoms with Crippen LogP contribution in [0.15, 0.2) is 24.3 Å². The molecule has 0 radical (unpaired) electrons. The van der Waals surface area contributed by atoms with Crippen molar-refractivity contribution < 1.29 is 19.1 Å². The molecule has 1 aromatic rings. The average molecular weight is 419 g/mol. The van der Waals surface area contributed by atoms with Crippen LogP contribution in [0.1, 0.15) is 37.7 Å². The van der Waals surface area contributed by atoms with Crippen LogP contribution in [0.3, 0.4) is 0 Å². The van der Waals surface area contributed by atoms with Gasteiger partial charge >= 0.3 is 0 Å². The molecule has 4 rings (SSSR count). The largest absolute Gasteiger partial charge is 0.393 e. The van der Waals surface area contributed by atoms with Crippen molar-refractivity contribution in [1.29, 1.82) is 0 Å². The maximum atomic E-state index is 13.1. The van der Waals surface area contributed by atoms with E-state index in [1.165, 1.54) is 12.1 Å². The third-order valence-corrected chi connectivity index (χ3v) is 6.64. The van der Waals surface area contributed by atoms with E-state index in [1.807, 2.05) is 4.90 Å². The molecule has 0 saturated carbocycles. The number of hydrogen-bond acceptors (Lipinski definition) is 5. The Hall–Kier alpha value is -2.03. The molecule has 3 aliphatic heterocycles. The molecular weight excluding hydrogens is 387 g/mol. The number of carbonyl (C=O) groups is 2. The summed E-state index contributed by atoms with van der Waals surface area (Å²) >= 11 is 0. The van der Waals surface area contributed by atoms with E-state index in [2.05, 4.69) is 15.5 Å². The number of likely N-dealkylation sites (tertiary alicyclic amines) is 1. The van der Waals surface area contributed by atoms with Gasteiger partial charge in [-0.25, -0.2) is 4.39 Å². The van der Waals surface area contributed by atoms with Gasteiger partial charge in [-0.1, -0.05) is 12.1 Å². The minimum Gasteiger partial charge on any atom is -0.393 e. The van der Waals surface area contributed by atoms with Crippen molar-refractivity contribution >= 4 is 11.8 Å². The Morgan fingerprint density at radius 2 is 1.97 bits per heavy atom. The SMILES string of the molecule is O=C1NCC(CCC(=O)N2CCC(O)CC2)N2CC(NCc3ccc(F)cc3)CC12. The highest BCUT2D eigenvalue weighted by atomic mass is 19.1. The van der Waals surface area contributed by atoms with Crippen molar-refractivity contribution in [3.05, 3.63) is 35.6 Å². The Bertz CT molecular complexity index is 751. The smallest absolute Gasteiger partial charge is 0.237 e. The molecule has 3 heterocycles. The minimum absolute atomic E-state index is 0.0636. The fraction of sp³-hybridized carbons (Fsp3) is 0.636. The van der Waals surface area contributed by atoms with Gasteiger partial charge in [0.15, 0.2) is 0 Å². The van der Waals surface area contributed by atoms with Crippen LogP contribution in [0.2, 0.25) is 0 Å². The van der Waals surface area contributed by atoms with Gasteiger partial charge < -0.3 is 20.6 Å². The molecule has 3 unspecified atom stereocenters. The van der Waals surface area contributed by atoms with Crippen LogP contribution in [-0.2, 0) is 16.1 Å². The topological polar surface area (TPSA) is 84.9 Å². The molecule has 0 spiro atoms. The molecule has 7 nitrogen and oxygen atoms in total. The van der Waals surface area contributed by atoms with E-state index in [0.29, 0.717) is 45.4 Å². The summed E-state index contributed by atoms with van der Waals surface area (Å²) in [6.07, 6.45) is 2.95. The number of rotatable bonds is 6. The lowest BCUT2D eigenvalue weighted by Gasteiger charge is -2.37. The van der Waals surface area contributed by atoms with E-state index in [0.717, 1.165) is 24.9 Å². The van der Waals surface area contributed by atoms with Gasteiger partial charge in [0.1, 0.15) is 5.82 Å². The number of halogens is 1. The molecule has 2 amide bonds. The van der Waals surface area contributed by atoms with E-state index in [4.69, 9.17) is 0 Å². The van der Waals surface area contributed by atoms with Gasteiger partial charge in [0.2, 0.25) is 11.8 Å².